The molecule has 4 aliphatic carbocycles. The number of aliphatic hydroxyl groups is 1. The number of rotatable bonds is 7. The summed E-state index contributed by atoms with van der Waals surface area (Å²) >= 11 is 0. The van der Waals surface area contributed by atoms with Crippen molar-refractivity contribution in [2.45, 2.75) is 110 Å². The minimum Gasteiger partial charge on any atom is -0.466 e. The van der Waals surface area contributed by atoms with Gasteiger partial charge in [0.05, 0.1) is 12.7 Å². The van der Waals surface area contributed by atoms with Gasteiger partial charge in [-0.05, 0) is 93.3 Å². The monoisotopic (exact) mass is 432 g/mol. The van der Waals surface area contributed by atoms with E-state index in [1.807, 2.05) is 6.92 Å². The van der Waals surface area contributed by atoms with Crippen molar-refractivity contribution in [3.8, 4) is 0 Å². The fourth-order valence-corrected chi connectivity index (χ4v) is 8.53. The number of carbonyl (C=O) groups is 2. The van der Waals surface area contributed by atoms with Gasteiger partial charge in [-0.25, -0.2) is 0 Å². The number of hydrogen-bond donors (Lipinski definition) is 1. The third-order valence-electron chi connectivity index (χ3n) is 10.3. The molecule has 8 atom stereocenters. The van der Waals surface area contributed by atoms with Crippen LogP contribution < -0.4 is 0 Å². The van der Waals surface area contributed by atoms with Crippen LogP contribution >= 0.6 is 0 Å². The molecule has 4 aliphatic rings. The Labute approximate surface area is 188 Å². The van der Waals surface area contributed by atoms with Gasteiger partial charge in [0.15, 0.2) is 0 Å². The predicted molar refractivity (Wildman–Crippen MR) is 121 cm³/mol. The fourth-order valence-electron chi connectivity index (χ4n) is 8.53. The van der Waals surface area contributed by atoms with Crippen molar-refractivity contribution < 1.29 is 19.4 Å². The molecule has 4 fully saturated rings. The molecule has 0 amide bonds. The number of carbonyl (C=O) groups excluding carboxylic acids is 2. The number of ether oxygens (including phenoxy) is 1. The van der Waals surface area contributed by atoms with Crippen molar-refractivity contribution >= 4 is 11.8 Å². The second-order valence-corrected chi connectivity index (χ2v) is 11.8. The second kappa shape index (κ2) is 9.15. The highest BCUT2D eigenvalue weighted by atomic mass is 16.5. The number of esters is 1. The first-order chi connectivity index (χ1) is 14.8. The fraction of sp³-hybridized carbons (Fsp3) is 0.926. The zero-order valence-electron chi connectivity index (χ0n) is 20.0. The molecule has 0 spiro atoms. The van der Waals surface area contributed by atoms with Crippen LogP contribution in [0.3, 0.4) is 0 Å². The number of unbranched alkanes of at least 4 members (excludes halogenated alkanes) is 2. The summed E-state index contributed by atoms with van der Waals surface area (Å²) in [6.07, 6.45) is 13.5. The number of fused-ring (bicyclic) bond motifs is 5. The molecule has 0 aliphatic heterocycles. The second-order valence-electron chi connectivity index (χ2n) is 11.8. The highest BCUT2D eigenvalue weighted by Gasteiger charge is 2.61. The normalized spacial score (nSPS) is 44.3. The Hall–Kier alpha value is -0.900. The average Bonchev–Trinajstić information content (AvgIpc) is 3.04. The van der Waals surface area contributed by atoms with E-state index in [-0.39, 0.29) is 22.9 Å². The molecule has 4 saturated carbocycles. The summed E-state index contributed by atoms with van der Waals surface area (Å²) in [5, 5.41) is 11.3. The largest absolute Gasteiger partial charge is 0.466 e. The van der Waals surface area contributed by atoms with Gasteiger partial charge in [-0.3, -0.25) is 9.59 Å². The summed E-state index contributed by atoms with van der Waals surface area (Å²) in [7, 11) is 0. The Kier molecular flexibility index (Phi) is 6.87. The predicted octanol–water partition coefficient (Wildman–Crippen LogP) is 5.70. The maximum absolute atomic E-state index is 12.6. The molecule has 31 heavy (non-hydrogen) atoms. The Morgan fingerprint density at radius 3 is 2.61 bits per heavy atom. The Balaban J connectivity index is 1.32. The van der Waals surface area contributed by atoms with Gasteiger partial charge in [-0.2, -0.15) is 0 Å². The van der Waals surface area contributed by atoms with Gasteiger partial charge in [0, 0.05) is 18.3 Å². The Morgan fingerprint density at radius 1 is 1.03 bits per heavy atom. The van der Waals surface area contributed by atoms with Gasteiger partial charge in [0.1, 0.15) is 5.78 Å². The summed E-state index contributed by atoms with van der Waals surface area (Å²) in [4.78, 5) is 24.1. The molecular weight excluding hydrogens is 388 g/mol. The minimum absolute atomic E-state index is 0.0663. The lowest BCUT2D eigenvalue weighted by Crippen LogP contribution is -2.57. The molecule has 1 N–H and O–H groups in total. The SMILES string of the molecule is CCOC(=O)CCCCCC1CC[C@@]2(C)C(C1)[C@@H](O)C[C@@H]1[C@@H]2CC[C@]2(C)C(=O)CC[C@@H]12. The topological polar surface area (TPSA) is 63.6 Å². The summed E-state index contributed by atoms with van der Waals surface area (Å²) in [5.74, 6) is 3.30. The molecule has 0 aromatic rings. The van der Waals surface area contributed by atoms with Crippen molar-refractivity contribution in [2.24, 2.45) is 40.4 Å². The van der Waals surface area contributed by atoms with E-state index >= 15 is 0 Å². The lowest BCUT2D eigenvalue weighted by molar-refractivity contribution is -0.165. The van der Waals surface area contributed by atoms with Gasteiger partial charge in [0.2, 0.25) is 0 Å². The highest BCUT2D eigenvalue weighted by molar-refractivity contribution is 5.87. The molecule has 4 rings (SSSR count). The van der Waals surface area contributed by atoms with Gasteiger partial charge in [-0.15, -0.1) is 0 Å². The van der Waals surface area contributed by atoms with Crippen LogP contribution in [0.4, 0.5) is 0 Å². The molecule has 0 saturated heterocycles. The molecule has 0 bridgehead atoms. The molecule has 0 aromatic carbocycles. The van der Waals surface area contributed by atoms with Crippen LogP contribution in [0.2, 0.25) is 0 Å². The van der Waals surface area contributed by atoms with Crippen molar-refractivity contribution in [3.05, 3.63) is 0 Å². The molecule has 4 nitrogen and oxygen atoms in total. The van der Waals surface area contributed by atoms with E-state index in [0.717, 1.165) is 38.5 Å². The van der Waals surface area contributed by atoms with Crippen molar-refractivity contribution in [1.82, 2.24) is 0 Å². The zero-order valence-corrected chi connectivity index (χ0v) is 20.0. The van der Waals surface area contributed by atoms with Gasteiger partial charge in [0.25, 0.3) is 0 Å². The quantitative estimate of drug-likeness (QED) is 0.414. The van der Waals surface area contributed by atoms with Crippen LogP contribution in [-0.2, 0) is 14.3 Å². The third-order valence-corrected chi connectivity index (χ3v) is 10.3. The lowest BCUT2D eigenvalue weighted by atomic mass is 9.44. The zero-order chi connectivity index (χ0) is 22.2. The first-order valence-electron chi connectivity index (χ1n) is 13.2. The summed E-state index contributed by atoms with van der Waals surface area (Å²) in [5.41, 5.74) is 0.139. The van der Waals surface area contributed by atoms with Crippen LogP contribution in [-0.4, -0.2) is 29.6 Å². The van der Waals surface area contributed by atoms with Crippen LogP contribution in [0, 0.1) is 40.4 Å². The number of ketones is 1. The highest BCUT2D eigenvalue weighted by Crippen LogP contribution is 2.66. The van der Waals surface area contributed by atoms with Crippen LogP contribution in [0.1, 0.15) is 104 Å². The number of aliphatic hydroxyl groups excluding tert-OH is 1. The molecule has 4 heteroatoms. The van der Waals surface area contributed by atoms with Crippen LogP contribution in [0.15, 0.2) is 0 Å². The van der Waals surface area contributed by atoms with E-state index < -0.39 is 0 Å². The van der Waals surface area contributed by atoms with E-state index in [1.54, 1.807) is 0 Å². The van der Waals surface area contributed by atoms with Gasteiger partial charge >= 0.3 is 5.97 Å². The van der Waals surface area contributed by atoms with E-state index in [0.29, 0.717) is 48.4 Å². The Bertz CT molecular complexity index is 674. The minimum atomic E-state index is -0.198. The van der Waals surface area contributed by atoms with E-state index in [9.17, 15) is 14.7 Å². The molecule has 2 unspecified atom stereocenters. The molecule has 0 heterocycles. The summed E-state index contributed by atoms with van der Waals surface area (Å²) < 4.78 is 5.02. The molecule has 0 aromatic heterocycles. The van der Waals surface area contributed by atoms with Crippen molar-refractivity contribution in [3.63, 3.8) is 0 Å². The maximum atomic E-state index is 12.6. The number of hydrogen-bond acceptors (Lipinski definition) is 4. The maximum Gasteiger partial charge on any atom is 0.305 e. The van der Waals surface area contributed by atoms with Crippen LogP contribution in [0.25, 0.3) is 0 Å². The smallest absolute Gasteiger partial charge is 0.305 e. The molecular formula is C27H44O4. The van der Waals surface area contributed by atoms with E-state index in [2.05, 4.69) is 13.8 Å². The van der Waals surface area contributed by atoms with Crippen molar-refractivity contribution in [2.75, 3.05) is 6.61 Å². The number of Topliss-reactive ketones (excluding diaryl/α,β-unsaturated/α-hetero) is 1. The van der Waals surface area contributed by atoms with E-state index in [4.69, 9.17) is 4.74 Å². The van der Waals surface area contributed by atoms with Gasteiger partial charge in [-0.1, -0.05) is 33.1 Å². The first-order valence-corrected chi connectivity index (χ1v) is 13.2. The van der Waals surface area contributed by atoms with E-state index in [1.165, 1.54) is 38.5 Å². The lowest BCUT2D eigenvalue weighted by Gasteiger charge is -2.61. The first kappa shape index (κ1) is 23.3. The standard InChI is InChI=1S/C27H44O4/c1-4-31-25(30)9-7-5-6-8-18-12-14-26(2)21-13-15-27(3)20(10-11-24(27)29)19(21)17-23(28)22(26)16-18/h18-23,28H,4-17H2,1-3H3/t18?,19-,20-,21-,22?,23-,26+,27-/m0/s1. The summed E-state index contributed by atoms with van der Waals surface area (Å²) in [6, 6.07) is 0. The van der Waals surface area contributed by atoms with Crippen molar-refractivity contribution in [1.29, 1.82) is 0 Å². The Morgan fingerprint density at radius 2 is 1.84 bits per heavy atom. The molecule has 176 valence electrons. The third kappa shape index (κ3) is 4.23. The van der Waals surface area contributed by atoms with Gasteiger partial charge < -0.3 is 9.84 Å². The molecule has 0 radical (unpaired) electrons. The van der Waals surface area contributed by atoms with Crippen LogP contribution in [0.5, 0.6) is 0 Å². The average molecular weight is 433 g/mol. The summed E-state index contributed by atoms with van der Waals surface area (Å²) in [6.45, 7) is 7.03.